The van der Waals surface area contributed by atoms with Crippen LogP contribution in [0.3, 0.4) is 0 Å². The number of hydrogen-bond acceptors (Lipinski definition) is 3. The summed E-state index contributed by atoms with van der Waals surface area (Å²) in [6, 6.07) is 11.3. The van der Waals surface area contributed by atoms with Gasteiger partial charge in [-0.25, -0.2) is 4.79 Å². The molecule has 1 N–H and O–H groups in total. The van der Waals surface area contributed by atoms with Gasteiger partial charge in [0.05, 0.1) is 12.8 Å². The van der Waals surface area contributed by atoms with Crippen molar-refractivity contribution in [2.45, 2.75) is 13.3 Å². The highest BCUT2D eigenvalue weighted by molar-refractivity contribution is 5.90. The van der Waals surface area contributed by atoms with Crippen molar-refractivity contribution < 1.29 is 14.6 Å². The maximum atomic E-state index is 10.9. The molecule has 0 amide bonds. The van der Waals surface area contributed by atoms with Crippen LogP contribution in [0.25, 0.3) is 16.8 Å². The first kappa shape index (κ1) is 14.8. The van der Waals surface area contributed by atoms with E-state index in [4.69, 9.17) is 9.84 Å². The summed E-state index contributed by atoms with van der Waals surface area (Å²) in [6.07, 6.45) is 3.60. The second kappa shape index (κ2) is 6.70. The van der Waals surface area contributed by atoms with Crippen LogP contribution in [-0.2, 0) is 4.79 Å². The van der Waals surface area contributed by atoms with Crippen LogP contribution in [-0.4, -0.2) is 23.2 Å². The molecule has 0 radical (unpaired) electrons. The number of carboxylic acid groups (broad SMARTS) is 1. The van der Waals surface area contributed by atoms with Crippen molar-refractivity contribution in [2.24, 2.45) is 0 Å². The monoisotopic (exact) mass is 283 g/mol. The van der Waals surface area contributed by atoms with Crippen molar-refractivity contribution in [2.75, 3.05) is 7.11 Å². The molecule has 0 saturated heterocycles. The van der Waals surface area contributed by atoms with E-state index in [0.29, 0.717) is 12.2 Å². The van der Waals surface area contributed by atoms with E-state index in [2.05, 4.69) is 4.98 Å². The van der Waals surface area contributed by atoms with E-state index in [0.717, 1.165) is 22.4 Å². The van der Waals surface area contributed by atoms with Crippen LogP contribution in [0.4, 0.5) is 0 Å². The number of ether oxygens (including phenoxy) is 1. The van der Waals surface area contributed by atoms with Gasteiger partial charge in [-0.05, 0) is 41.8 Å². The number of aromatic nitrogens is 1. The average molecular weight is 283 g/mol. The van der Waals surface area contributed by atoms with E-state index >= 15 is 0 Å². The third-order valence-electron chi connectivity index (χ3n) is 3.19. The summed E-state index contributed by atoms with van der Waals surface area (Å²) in [6.45, 7) is 1.92. The molecule has 0 aliphatic heterocycles. The Morgan fingerprint density at radius 3 is 2.71 bits per heavy atom. The Hall–Kier alpha value is -2.62. The predicted octanol–water partition coefficient (Wildman–Crippen LogP) is 3.64. The number of hydrogen-bond donors (Lipinski definition) is 1. The maximum absolute atomic E-state index is 10.9. The van der Waals surface area contributed by atoms with Crippen LogP contribution in [0, 0.1) is 0 Å². The number of carbonyl (C=O) groups is 1. The molecule has 0 unspecified atom stereocenters. The summed E-state index contributed by atoms with van der Waals surface area (Å²) in [5.41, 5.74) is 3.30. The second-order valence-corrected chi connectivity index (χ2v) is 4.49. The molecular formula is C17H17NO3. The number of pyridine rings is 1. The number of carboxylic acids is 1. The Morgan fingerprint density at radius 2 is 2.14 bits per heavy atom. The molecule has 21 heavy (non-hydrogen) atoms. The van der Waals surface area contributed by atoms with Gasteiger partial charge in [0, 0.05) is 17.8 Å². The van der Waals surface area contributed by atoms with Crippen molar-refractivity contribution in [3.05, 3.63) is 54.2 Å². The van der Waals surface area contributed by atoms with Gasteiger partial charge in [0.2, 0.25) is 0 Å². The molecule has 1 heterocycles. The molecule has 0 aliphatic carbocycles. The predicted molar refractivity (Wildman–Crippen MR) is 82.1 cm³/mol. The van der Waals surface area contributed by atoms with Gasteiger partial charge in [-0.1, -0.05) is 19.1 Å². The molecule has 0 saturated carbocycles. The van der Waals surface area contributed by atoms with E-state index in [1.54, 1.807) is 13.3 Å². The second-order valence-electron chi connectivity index (χ2n) is 4.49. The molecule has 0 bridgehead atoms. The van der Waals surface area contributed by atoms with Crippen molar-refractivity contribution in [3.8, 4) is 17.0 Å². The van der Waals surface area contributed by atoms with Crippen LogP contribution in [0.5, 0.6) is 5.75 Å². The third-order valence-corrected chi connectivity index (χ3v) is 3.19. The molecule has 2 aromatic rings. The van der Waals surface area contributed by atoms with E-state index in [1.807, 2.05) is 43.3 Å². The number of rotatable bonds is 5. The third kappa shape index (κ3) is 3.48. The lowest BCUT2D eigenvalue weighted by Crippen LogP contribution is -1.95. The quantitative estimate of drug-likeness (QED) is 0.851. The standard InChI is InChI=1S/C17H17NO3/c1-3-12(11-17(19)20)13-7-8-14(16(10-13)21-2)15-6-4-5-9-18-15/h4-11H,3H2,1-2H3,(H,19,20)/b12-11+. The number of methoxy groups -OCH3 is 1. The maximum Gasteiger partial charge on any atom is 0.328 e. The van der Waals surface area contributed by atoms with Gasteiger partial charge in [0.25, 0.3) is 0 Å². The van der Waals surface area contributed by atoms with Crippen LogP contribution < -0.4 is 4.74 Å². The van der Waals surface area contributed by atoms with Crippen LogP contribution >= 0.6 is 0 Å². The largest absolute Gasteiger partial charge is 0.496 e. The van der Waals surface area contributed by atoms with Crippen LogP contribution in [0.15, 0.2) is 48.7 Å². The van der Waals surface area contributed by atoms with Crippen molar-refractivity contribution >= 4 is 11.5 Å². The summed E-state index contributed by atoms with van der Waals surface area (Å²) >= 11 is 0. The average Bonchev–Trinajstić information content (AvgIpc) is 2.52. The Balaban J connectivity index is 2.48. The fourth-order valence-electron chi connectivity index (χ4n) is 2.16. The van der Waals surface area contributed by atoms with E-state index in [1.165, 1.54) is 6.08 Å². The van der Waals surface area contributed by atoms with Gasteiger partial charge >= 0.3 is 5.97 Å². The SMILES string of the molecule is CC/C(=C\C(=O)O)c1ccc(-c2ccccn2)c(OC)c1. The first-order chi connectivity index (χ1) is 10.2. The summed E-state index contributed by atoms with van der Waals surface area (Å²) in [7, 11) is 1.60. The molecule has 0 atom stereocenters. The first-order valence-electron chi connectivity index (χ1n) is 6.69. The van der Waals surface area contributed by atoms with E-state index in [-0.39, 0.29) is 0 Å². The first-order valence-corrected chi connectivity index (χ1v) is 6.69. The zero-order valence-electron chi connectivity index (χ0n) is 12.0. The van der Waals surface area contributed by atoms with E-state index in [9.17, 15) is 4.79 Å². The highest BCUT2D eigenvalue weighted by Gasteiger charge is 2.10. The summed E-state index contributed by atoms with van der Waals surface area (Å²) in [4.78, 5) is 15.2. The van der Waals surface area contributed by atoms with Gasteiger partial charge < -0.3 is 9.84 Å². The minimum atomic E-state index is -0.945. The molecule has 108 valence electrons. The molecule has 1 aromatic carbocycles. The highest BCUT2D eigenvalue weighted by Crippen LogP contribution is 2.32. The molecule has 1 aromatic heterocycles. The van der Waals surface area contributed by atoms with Gasteiger partial charge in [-0.2, -0.15) is 0 Å². The van der Waals surface area contributed by atoms with E-state index < -0.39 is 5.97 Å². The molecule has 4 nitrogen and oxygen atoms in total. The molecule has 0 spiro atoms. The Labute approximate surface area is 123 Å². The zero-order chi connectivity index (χ0) is 15.2. The number of benzene rings is 1. The van der Waals surface area contributed by atoms with Crippen molar-refractivity contribution in [3.63, 3.8) is 0 Å². The fraction of sp³-hybridized carbons (Fsp3) is 0.176. The lowest BCUT2D eigenvalue weighted by Gasteiger charge is -2.11. The van der Waals surface area contributed by atoms with Crippen LogP contribution in [0.1, 0.15) is 18.9 Å². The van der Waals surface area contributed by atoms with Gasteiger partial charge in [0.15, 0.2) is 0 Å². The fourth-order valence-corrected chi connectivity index (χ4v) is 2.16. The lowest BCUT2D eigenvalue weighted by molar-refractivity contribution is -0.131. The number of allylic oxidation sites excluding steroid dienone is 1. The van der Waals surface area contributed by atoms with Crippen LogP contribution in [0.2, 0.25) is 0 Å². The Bertz CT molecular complexity index is 663. The van der Waals surface area contributed by atoms with Crippen molar-refractivity contribution in [1.82, 2.24) is 4.98 Å². The van der Waals surface area contributed by atoms with Gasteiger partial charge in [-0.3, -0.25) is 4.98 Å². The lowest BCUT2D eigenvalue weighted by atomic mass is 9.99. The van der Waals surface area contributed by atoms with Crippen molar-refractivity contribution in [1.29, 1.82) is 0 Å². The van der Waals surface area contributed by atoms with Gasteiger partial charge in [-0.15, -0.1) is 0 Å². The molecule has 4 heteroatoms. The normalized spacial score (nSPS) is 11.2. The summed E-state index contributed by atoms with van der Waals surface area (Å²) in [5.74, 6) is -0.268. The Morgan fingerprint density at radius 1 is 1.33 bits per heavy atom. The Kier molecular flexibility index (Phi) is 4.72. The molecular weight excluding hydrogens is 266 g/mol. The smallest absolute Gasteiger partial charge is 0.328 e. The van der Waals surface area contributed by atoms with Gasteiger partial charge in [0.1, 0.15) is 5.75 Å². The molecule has 2 rings (SSSR count). The molecule has 0 aliphatic rings. The molecule has 0 fully saturated rings. The highest BCUT2D eigenvalue weighted by atomic mass is 16.5. The minimum absolute atomic E-state index is 0.637. The number of nitrogens with zero attached hydrogens (tertiary/aromatic N) is 1. The minimum Gasteiger partial charge on any atom is -0.496 e. The number of aliphatic carboxylic acids is 1. The summed E-state index contributed by atoms with van der Waals surface area (Å²) < 4.78 is 5.43. The zero-order valence-corrected chi connectivity index (χ0v) is 12.0. The summed E-state index contributed by atoms with van der Waals surface area (Å²) in [5, 5.41) is 8.92. The topological polar surface area (TPSA) is 59.4 Å².